The minimum absolute atomic E-state index is 0.0460. The lowest BCUT2D eigenvalue weighted by molar-refractivity contribution is -0.132. The third kappa shape index (κ3) is 3.71. The number of hydrogen-bond acceptors (Lipinski definition) is 3. The van der Waals surface area contributed by atoms with Crippen molar-refractivity contribution in [3.8, 4) is 6.07 Å². The summed E-state index contributed by atoms with van der Waals surface area (Å²) in [5.41, 5.74) is 5.44. The van der Waals surface area contributed by atoms with Gasteiger partial charge in [0.1, 0.15) is 0 Å². The van der Waals surface area contributed by atoms with Crippen molar-refractivity contribution in [2.75, 3.05) is 6.54 Å². The van der Waals surface area contributed by atoms with Crippen LogP contribution in [0.15, 0.2) is 0 Å². The van der Waals surface area contributed by atoms with Crippen LogP contribution in [0, 0.1) is 16.7 Å². The van der Waals surface area contributed by atoms with E-state index < -0.39 is 0 Å². The molecule has 1 aliphatic carbocycles. The molecule has 17 heavy (non-hydrogen) atoms. The minimum Gasteiger partial charge on any atom is -0.352 e. The van der Waals surface area contributed by atoms with E-state index in [1.807, 2.05) is 6.92 Å². The maximum absolute atomic E-state index is 12.3. The zero-order valence-electron chi connectivity index (χ0n) is 10.7. The van der Waals surface area contributed by atoms with Crippen LogP contribution in [-0.2, 0) is 4.79 Å². The Labute approximate surface area is 104 Å². The van der Waals surface area contributed by atoms with E-state index in [9.17, 15) is 4.79 Å². The van der Waals surface area contributed by atoms with E-state index in [-0.39, 0.29) is 17.4 Å². The Kier molecular flexibility index (Phi) is 5.43. The molecule has 0 heterocycles. The third-order valence-corrected chi connectivity index (χ3v) is 3.71. The van der Waals surface area contributed by atoms with Crippen molar-refractivity contribution in [3.05, 3.63) is 0 Å². The van der Waals surface area contributed by atoms with E-state index in [2.05, 4.69) is 11.4 Å². The first-order valence-electron chi connectivity index (χ1n) is 6.52. The zero-order chi connectivity index (χ0) is 12.7. The predicted octanol–water partition coefficient (Wildman–Crippen LogP) is 1.70. The lowest BCUT2D eigenvalue weighted by Crippen LogP contribution is -2.48. The number of carbonyl (C=O) groups excluding carboxylic acids is 1. The van der Waals surface area contributed by atoms with Crippen LogP contribution in [0.4, 0.5) is 0 Å². The van der Waals surface area contributed by atoms with Crippen molar-refractivity contribution in [2.24, 2.45) is 11.1 Å². The number of hydrogen-bond donors (Lipinski definition) is 2. The number of carbonyl (C=O) groups is 1. The average molecular weight is 237 g/mol. The number of rotatable bonds is 4. The van der Waals surface area contributed by atoms with Gasteiger partial charge in [0.2, 0.25) is 5.91 Å². The highest BCUT2D eigenvalue weighted by Crippen LogP contribution is 2.34. The molecule has 1 fully saturated rings. The first-order valence-corrected chi connectivity index (χ1v) is 6.52. The summed E-state index contributed by atoms with van der Waals surface area (Å²) in [6.07, 6.45) is 6.68. The monoisotopic (exact) mass is 237 g/mol. The summed E-state index contributed by atoms with van der Waals surface area (Å²) in [5, 5.41) is 11.5. The van der Waals surface area contributed by atoms with Gasteiger partial charge in [-0.05, 0) is 19.8 Å². The summed E-state index contributed by atoms with van der Waals surface area (Å²) < 4.78 is 0. The quantitative estimate of drug-likeness (QED) is 0.730. The molecule has 3 N–H and O–H groups in total. The number of amides is 1. The Morgan fingerprint density at radius 2 is 2.00 bits per heavy atom. The fraction of sp³-hybridized carbons (Fsp3) is 0.846. The Balaban J connectivity index is 2.64. The molecule has 1 atom stereocenters. The highest BCUT2D eigenvalue weighted by Gasteiger charge is 2.37. The van der Waals surface area contributed by atoms with Crippen LogP contribution in [0.2, 0.25) is 0 Å². The van der Waals surface area contributed by atoms with Gasteiger partial charge in [0.25, 0.3) is 0 Å². The normalized spacial score (nSPS) is 21.0. The first-order chi connectivity index (χ1) is 8.14. The van der Waals surface area contributed by atoms with E-state index in [4.69, 9.17) is 11.0 Å². The second-order valence-electron chi connectivity index (χ2n) is 5.14. The van der Waals surface area contributed by atoms with Crippen molar-refractivity contribution in [1.82, 2.24) is 5.32 Å². The van der Waals surface area contributed by atoms with Crippen LogP contribution in [0.25, 0.3) is 0 Å². The van der Waals surface area contributed by atoms with Crippen molar-refractivity contribution in [2.45, 2.75) is 57.9 Å². The molecule has 0 aromatic heterocycles. The number of nitrogens with two attached hydrogens (primary N) is 1. The van der Waals surface area contributed by atoms with E-state index >= 15 is 0 Å². The molecular formula is C13H23N3O. The second kappa shape index (κ2) is 6.61. The molecule has 1 aliphatic rings. The topological polar surface area (TPSA) is 78.9 Å². The van der Waals surface area contributed by atoms with Crippen molar-refractivity contribution in [3.63, 3.8) is 0 Å². The highest BCUT2D eigenvalue weighted by atomic mass is 16.2. The van der Waals surface area contributed by atoms with Gasteiger partial charge in [0.15, 0.2) is 0 Å². The maximum Gasteiger partial charge on any atom is 0.227 e. The Morgan fingerprint density at radius 1 is 1.41 bits per heavy atom. The van der Waals surface area contributed by atoms with Crippen molar-refractivity contribution < 1.29 is 4.79 Å². The molecule has 0 bridgehead atoms. The van der Waals surface area contributed by atoms with Gasteiger partial charge in [-0.25, -0.2) is 0 Å². The third-order valence-electron chi connectivity index (χ3n) is 3.71. The highest BCUT2D eigenvalue weighted by molar-refractivity contribution is 5.83. The minimum atomic E-state index is -0.389. The van der Waals surface area contributed by atoms with Gasteiger partial charge in [0.05, 0.1) is 17.9 Å². The van der Waals surface area contributed by atoms with E-state index in [1.54, 1.807) is 0 Å². The molecule has 0 aliphatic heterocycles. The molecule has 96 valence electrons. The SMILES string of the molecule is CC(CC#N)NC(=O)C1(CN)CCCCCC1. The Morgan fingerprint density at radius 3 is 2.47 bits per heavy atom. The fourth-order valence-electron chi connectivity index (χ4n) is 2.49. The van der Waals surface area contributed by atoms with Gasteiger partial charge < -0.3 is 11.1 Å². The average Bonchev–Trinajstić information content (AvgIpc) is 2.55. The maximum atomic E-state index is 12.3. The summed E-state index contributed by atoms with van der Waals surface area (Å²) in [5.74, 6) is 0.0460. The van der Waals surface area contributed by atoms with Crippen molar-refractivity contribution >= 4 is 5.91 Å². The van der Waals surface area contributed by atoms with Crippen LogP contribution in [-0.4, -0.2) is 18.5 Å². The lowest BCUT2D eigenvalue weighted by Gasteiger charge is -2.31. The van der Waals surface area contributed by atoms with Crippen LogP contribution < -0.4 is 11.1 Å². The molecule has 0 radical (unpaired) electrons. The molecule has 1 saturated carbocycles. The Bertz CT molecular complexity index is 288. The molecule has 1 amide bonds. The van der Waals surface area contributed by atoms with Gasteiger partial charge in [-0.1, -0.05) is 25.7 Å². The predicted molar refractivity (Wildman–Crippen MR) is 67.0 cm³/mol. The van der Waals surface area contributed by atoms with Gasteiger partial charge >= 0.3 is 0 Å². The second-order valence-corrected chi connectivity index (χ2v) is 5.14. The van der Waals surface area contributed by atoms with E-state index in [0.29, 0.717) is 13.0 Å². The molecule has 0 spiro atoms. The molecule has 0 aromatic rings. The lowest BCUT2D eigenvalue weighted by atomic mass is 9.79. The molecule has 4 nitrogen and oxygen atoms in total. The molecule has 1 rings (SSSR count). The summed E-state index contributed by atoms with van der Waals surface area (Å²) in [7, 11) is 0. The van der Waals surface area contributed by atoms with Gasteiger partial charge in [0, 0.05) is 12.6 Å². The summed E-state index contributed by atoms with van der Waals surface area (Å²) in [6.45, 7) is 2.28. The van der Waals surface area contributed by atoms with Crippen LogP contribution >= 0.6 is 0 Å². The van der Waals surface area contributed by atoms with Gasteiger partial charge in [-0.2, -0.15) is 5.26 Å². The molecular weight excluding hydrogens is 214 g/mol. The summed E-state index contributed by atoms with van der Waals surface area (Å²) in [6, 6.07) is 1.99. The van der Waals surface area contributed by atoms with E-state index in [0.717, 1.165) is 25.7 Å². The van der Waals surface area contributed by atoms with Crippen LogP contribution in [0.1, 0.15) is 51.9 Å². The van der Waals surface area contributed by atoms with E-state index in [1.165, 1.54) is 12.8 Å². The number of nitriles is 1. The molecule has 4 heteroatoms. The van der Waals surface area contributed by atoms with Crippen molar-refractivity contribution in [1.29, 1.82) is 5.26 Å². The molecule has 1 unspecified atom stereocenters. The van der Waals surface area contributed by atoms with Crippen LogP contribution in [0.3, 0.4) is 0 Å². The molecule has 0 saturated heterocycles. The van der Waals surface area contributed by atoms with Crippen LogP contribution in [0.5, 0.6) is 0 Å². The smallest absolute Gasteiger partial charge is 0.227 e. The first kappa shape index (κ1) is 14.0. The van der Waals surface area contributed by atoms with Gasteiger partial charge in [-0.3, -0.25) is 4.79 Å². The fourth-order valence-corrected chi connectivity index (χ4v) is 2.49. The largest absolute Gasteiger partial charge is 0.352 e. The zero-order valence-corrected chi connectivity index (χ0v) is 10.7. The number of nitrogens with one attached hydrogen (secondary N) is 1. The van der Waals surface area contributed by atoms with Gasteiger partial charge in [-0.15, -0.1) is 0 Å². The standard InChI is InChI=1S/C13H23N3O/c1-11(6-9-14)16-12(17)13(10-15)7-4-2-3-5-8-13/h11H,2-8,10,15H2,1H3,(H,16,17). The number of nitrogens with zero attached hydrogens (tertiary/aromatic N) is 1. The Hall–Kier alpha value is -1.08. The summed E-state index contributed by atoms with van der Waals surface area (Å²) >= 11 is 0. The molecule has 0 aromatic carbocycles. The summed E-state index contributed by atoms with van der Waals surface area (Å²) in [4.78, 5) is 12.3.